The molecule has 0 unspecified atom stereocenters. The zero-order valence-electron chi connectivity index (χ0n) is 17.7. The van der Waals surface area contributed by atoms with Crippen molar-refractivity contribution in [2.24, 2.45) is 0 Å². The van der Waals surface area contributed by atoms with Crippen LogP contribution in [0.4, 0.5) is 0 Å². The largest absolute Gasteiger partial charge is 0.446 e. The van der Waals surface area contributed by atoms with Gasteiger partial charge < -0.3 is 9.47 Å². The van der Waals surface area contributed by atoms with E-state index in [4.69, 9.17) is 21.1 Å². The topological polar surface area (TPSA) is 52.6 Å². The molecule has 0 saturated heterocycles. The van der Waals surface area contributed by atoms with E-state index < -0.39 is 24.1 Å². The van der Waals surface area contributed by atoms with Crippen LogP contribution in [0.1, 0.15) is 42.2 Å². The van der Waals surface area contributed by atoms with Gasteiger partial charge in [-0.15, -0.1) is 0 Å². The number of hydrogen-bond donors (Lipinski definition) is 0. The van der Waals surface area contributed by atoms with Crippen molar-refractivity contribution in [2.45, 2.75) is 32.0 Å². The minimum atomic E-state index is -1.17. The lowest BCUT2D eigenvalue weighted by molar-refractivity contribution is -0.169. The lowest BCUT2D eigenvalue weighted by Crippen LogP contribution is -2.22. The number of esters is 2. The summed E-state index contributed by atoms with van der Waals surface area (Å²) >= 11 is 6.00. The van der Waals surface area contributed by atoms with E-state index in [1.807, 2.05) is 36.4 Å². The zero-order chi connectivity index (χ0) is 22.8. The van der Waals surface area contributed by atoms with Gasteiger partial charge in [-0.3, -0.25) is 4.79 Å². The van der Waals surface area contributed by atoms with Crippen LogP contribution < -0.4 is 0 Å². The average Bonchev–Trinajstić information content (AvgIpc) is 2.81. The molecule has 0 N–H and O–H groups in total. The second-order valence-corrected chi connectivity index (χ2v) is 7.51. The Morgan fingerprint density at radius 3 is 2.09 bits per heavy atom. The van der Waals surface area contributed by atoms with E-state index in [1.165, 1.54) is 12.5 Å². The summed E-state index contributed by atoms with van der Waals surface area (Å²) < 4.78 is 11.0. The van der Waals surface area contributed by atoms with Crippen LogP contribution in [0.3, 0.4) is 0 Å². The smallest absolute Gasteiger partial charge is 0.353 e. The van der Waals surface area contributed by atoms with Gasteiger partial charge in [-0.25, -0.2) is 4.79 Å². The highest BCUT2D eigenvalue weighted by Gasteiger charge is 2.28. The Balaban J connectivity index is 1.79. The number of benzene rings is 3. The summed E-state index contributed by atoms with van der Waals surface area (Å²) in [6, 6.07) is 25.7. The number of hydrogen-bond acceptors (Lipinski definition) is 4. The number of aryl methyl sites for hydroxylation is 1. The van der Waals surface area contributed by atoms with Crippen LogP contribution in [0.2, 0.25) is 5.02 Å². The molecule has 0 fully saturated rings. The van der Waals surface area contributed by atoms with Gasteiger partial charge in [0.1, 0.15) is 0 Å². The average molecular weight is 447 g/mol. The summed E-state index contributed by atoms with van der Waals surface area (Å²) in [5.74, 6) is 4.88. The standard InChI is InChI=1S/C27H23ClO4/c1-20(29)31-26(23-13-6-3-7-14-23)27(30)32-25(22-16-18-24(28)19-17-22)15-9-8-12-21-10-4-2-5-11-21/h2-7,10-11,13-14,16-19,25-26H,8,12H2,1H3/t25-,26-/m1/s1. The van der Waals surface area contributed by atoms with Crippen molar-refractivity contribution in [3.8, 4) is 11.8 Å². The molecule has 0 aromatic heterocycles. The van der Waals surface area contributed by atoms with Gasteiger partial charge in [-0.1, -0.05) is 96.2 Å². The molecule has 3 aromatic carbocycles. The first-order chi connectivity index (χ1) is 15.5. The molecule has 3 rings (SSSR count). The molecule has 3 aromatic rings. The van der Waals surface area contributed by atoms with E-state index in [0.717, 1.165) is 6.42 Å². The Hall–Kier alpha value is -3.55. The maximum absolute atomic E-state index is 13.0. The number of carbonyl (C=O) groups is 2. The van der Waals surface area contributed by atoms with E-state index in [9.17, 15) is 9.59 Å². The van der Waals surface area contributed by atoms with Crippen LogP contribution in [0.25, 0.3) is 0 Å². The molecule has 0 amide bonds. The van der Waals surface area contributed by atoms with E-state index in [0.29, 0.717) is 22.6 Å². The first kappa shape index (κ1) is 23.1. The van der Waals surface area contributed by atoms with Gasteiger partial charge >= 0.3 is 11.9 Å². The second-order valence-electron chi connectivity index (χ2n) is 7.08. The van der Waals surface area contributed by atoms with Gasteiger partial charge in [0.25, 0.3) is 0 Å². The highest BCUT2D eigenvalue weighted by Crippen LogP contribution is 2.25. The molecule has 0 aliphatic rings. The fraction of sp³-hybridized carbons (Fsp3) is 0.185. The highest BCUT2D eigenvalue weighted by molar-refractivity contribution is 6.30. The molecular formula is C27H23ClO4. The van der Waals surface area contributed by atoms with E-state index >= 15 is 0 Å². The Kier molecular flexibility index (Phi) is 8.48. The van der Waals surface area contributed by atoms with Gasteiger partial charge in [0.15, 0.2) is 6.10 Å². The molecule has 32 heavy (non-hydrogen) atoms. The maximum Gasteiger partial charge on any atom is 0.353 e. The highest BCUT2D eigenvalue weighted by atomic mass is 35.5. The predicted octanol–water partition coefficient (Wildman–Crippen LogP) is 5.86. The van der Waals surface area contributed by atoms with Crippen LogP contribution in [0.15, 0.2) is 84.9 Å². The lowest BCUT2D eigenvalue weighted by Gasteiger charge is -2.19. The molecular weight excluding hydrogens is 424 g/mol. The third-order valence-electron chi connectivity index (χ3n) is 4.62. The predicted molar refractivity (Wildman–Crippen MR) is 124 cm³/mol. The Morgan fingerprint density at radius 1 is 0.844 bits per heavy atom. The molecule has 0 aliphatic carbocycles. The number of ether oxygens (including phenoxy) is 2. The van der Waals surface area contributed by atoms with Crippen LogP contribution in [-0.4, -0.2) is 11.9 Å². The SMILES string of the molecule is CC(=O)O[C@@H](C(=O)O[C@H](C#CCCc1ccccc1)c1ccc(Cl)cc1)c1ccccc1. The van der Waals surface area contributed by atoms with Gasteiger partial charge in [0.2, 0.25) is 6.10 Å². The molecule has 0 heterocycles. The summed E-state index contributed by atoms with van der Waals surface area (Å²) in [5.41, 5.74) is 2.39. The molecule has 162 valence electrons. The zero-order valence-corrected chi connectivity index (χ0v) is 18.4. The molecule has 5 heteroatoms. The van der Waals surface area contributed by atoms with Crippen LogP contribution >= 0.6 is 11.6 Å². The fourth-order valence-corrected chi connectivity index (χ4v) is 3.18. The first-order valence-corrected chi connectivity index (χ1v) is 10.6. The summed E-state index contributed by atoms with van der Waals surface area (Å²) in [6.07, 6.45) is -0.598. The number of rotatable bonds is 7. The molecule has 2 atom stereocenters. The molecule has 0 saturated carbocycles. The van der Waals surface area contributed by atoms with Crippen LogP contribution in [0, 0.1) is 11.8 Å². The van der Waals surface area contributed by atoms with Crippen molar-refractivity contribution in [1.82, 2.24) is 0 Å². The summed E-state index contributed by atoms with van der Waals surface area (Å²) in [7, 11) is 0. The minimum absolute atomic E-state index is 0.527. The van der Waals surface area contributed by atoms with E-state index in [-0.39, 0.29) is 0 Å². The quantitative estimate of drug-likeness (QED) is 0.336. The van der Waals surface area contributed by atoms with Crippen molar-refractivity contribution in [3.05, 3.63) is 107 Å². The summed E-state index contributed by atoms with van der Waals surface area (Å²) in [5, 5.41) is 0.568. The third-order valence-corrected chi connectivity index (χ3v) is 4.87. The fourth-order valence-electron chi connectivity index (χ4n) is 3.06. The van der Waals surface area contributed by atoms with Crippen LogP contribution in [0.5, 0.6) is 0 Å². The first-order valence-electron chi connectivity index (χ1n) is 10.2. The van der Waals surface area contributed by atoms with E-state index in [2.05, 4.69) is 11.8 Å². The molecule has 0 bridgehead atoms. The Morgan fingerprint density at radius 2 is 1.47 bits per heavy atom. The molecule has 4 nitrogen and oxygen atoms in total. The van der Waals surface area contributed by atoms with Gasteiger partial charge in [0.05, 0.1) is 0 Å². The second kappa shape index (κ2) is 11.7. The van der Waals surface area contributed by atoms with Crippen molar-refractivity contribution in [2.75, 3.05) is 0 Å². The van der Waals surface area contributed by atoms with Crippen molar-refractivity contribution >= 4 is 23.5 Å². The minimum Gasteiger partial charge on any atom is -0.446 e. The number of halogens is 1. The number of carbonyl (C=O) groups excluding carboxylic acids is 2. The monoisotopic (exact) mass is 446 g/mol. The third kappa shape index (κ3) is 7.01. The normalized spacial score (nSPS) is 12.1. The Bertz CT molecular complexity index is 1080. The molecule has 0 radical (unpaired) electrons. The van der Waals surface area contributed by atoms with Crippen molar-refractivity contribution in [1.29, 1.82) is 0 Å². The summed E-state index contributed by atoms with van der Waals surface area (Å²) in [4.78, 5) is 24.6. The van der Waals surface area contributed by atoms with Crippen molar-refractivity contribution < 1.29 is 19.1 Å². The lowest BCUT2D eigenvalue weighted by atomic mass is 10.1. The summed E-state index contributed by atoms with van der Waals surface area (Å²) in [6.45, 7) is 1.25. The molecule has 0 spiro atoms. The Labute approximate surface area is 193 Å². The maximum atomic E-state index is 13.0. The molecule has 0 aliphatic heterocycles. The van der Waals surface area contributed by atoms with Gasteiger partial charge in [-0.2, -0.15) is 0 Å². The van der Waals surface area contributed by atoms with Crippen molar-refractivity contribution in [3.63, 3.8) is 0 Å². The van der Waals surface area contributed by atoms with E-state index in [1.54, 1.807) is 48.5 Å². The van der Waals surface area contributed by atoms with Gasteiger partial charge in [0, 0.05) is 29.5 Å². The van der Waals surface area contributed by atoms with Gasteiger partial charge in [-0.05, 0) is 24.1 Å². The van der Waals surface area contributed by atoms with Crippen LogP contribution in [-0.2, 0) is 25.5 Å².